The van der Waals surface area contributed by atoms with Gasteiger partial charge in [0.1, 0.15) is 23.4 Å². The van der Waals surface area contributed by atoms with Crippen molar-refractivity contribution in [2.45, 2.75) is 31.8 Å². The minimum absolute atomic E-state index is 0.0754. The van der Waals surface area contributed by atoms with E-state index in [0.717, 1.165) is 6.29 Å². The zero-order valence-corrected chi connectivity index (χ0v) is 16.2. The normalized spacial score (nSPS) is 15.8. The van der Waals surface area contributed by atoms with Crippen LogP contribution in [0, 0.1) is 0 Å². The molecule has 0 spiro atoms. The zero-order chi connectivity index (χ0) is 21.2. The standard InChI is InChI=1S/C20H24N4O5/c1-12(27)20(2,28)19(29-8-7-25)24-9-15(14-6-4-3-5-13(14)10-26)16-17(21)22-11-23-18(16)24/h3-6,9-12,19,25,27-28H,7-8H2,1-2H3,(H2,21,22,23)/t12-,19?,20-/m1/s1. The second kappa shape index (κ2) is 8.26. The number of hydrogen-bond acceptors (Lipinski definition) is 8. The van der Waals surface area contributed by atoms with Gasteiger partial charge in [0.25, 0.3) is 0 Å². The van der Waals surface area contributed by atoms with E-state index in [2.05, 4.69) is 9.97 Å². The first kappa shape index (κ1) is 20.9. The van der Waals surface area contributed by atoms with Gasteiger partial charge in [0.2, 0.25) is 0 Å². The third kappa shape index (κ3) is 3.73. The van der Waals surface area contributed by atoms with Gasteiger partial charge in [-0.05, 0) is 19.4 Å². The first-order chi connectivity index (χ1) is 13.8. The molecule has 2 aromatic heterocycles. The number of benzene rings is 1. The third-order valence-corrected chi connectivity index (χ3v) is 4.98. The van der Waals surface area contributed by atoms with Gasteiger partial charge >= 0.3 is 0 Å². The topological polar surface area (TPSA) is 144 Å². The molecule has 0 aliphatic carbocycles. The number of nitrogens with zero attached hydrogens (tertiary/aromatic N) is 3. The van der Waals surface area contributed by atoms with E-state index >= 15 is 0 Å². The maximum absolute atomic E-state index is 11.6. The summed E-state index contributed by atoms with van der Waals surface area (Å²) in [6, 6.07) is 6.98. The second-order valence-corrected chi connectivity index (χ2v) is 6.96. The maximum Gasteiger partial charge on any atom is 0.166 e. The number of nitrogens with two attached hydrogens (primary N) is 1. The van der Waals surface area contributed by atoms with Crippen molar-refractivity contribution in [2.75, 3.05) is 18.9 Å². The van der Waals surface area contributed by atoms with Crippen LogP contribution in [-0.2, 0) is 4.74 Å². The number of aliphatic hydroxyl groups excluding tert-OH is 2. The predicted molar refractivity (Wildman–Crippen MR) is 107 cm³/mol. The molecule has 5 N–H and O–H groups in total. The molecule has 0 aliphatic rings. The quantitative estimate of drug-likeness (QED) is 0.412. The van der Waals surface area contributed by atoms with Gasteiger partial charge in [-0.25, -0.2) is 9.97 Å². The molecule has 1 unspecified atom stereocenters. The SMILES string of the molecule is C[C@@H](O)[C@@](C)(O)C(OCCO)n1cc(-c2ccccc2C=O)c2c(N)ncnc21. The number of aliphatic hydroxyl groups is 3. The Hall–Kier alpha value is -2.85. The molecule has 0 saturated carbocycles. The fourth-order valence-electron chi connectivity index (χ4n) is 3.24. The van der Waals surface area contributed by atoms with Gasteiger partial charge in [-0.15, -0.1) is 0 Å². The van der Waals surface area contributed by atoms with E-state index in [1.54, 1.807) is 30.5 Å². The number of fused-ring (bicyclic) bond motifs is 1. The first-order valence-corrected chi connectivity index (χ1v) is 9.11. The molecule has 0 radical (unpaired) electrons. The molecular formula is C20H24N4O5. The van der Waals surface area contributed by atoms with Crippen LogP contribution >= 0.6 is 0 Å². The molecule has 0 fully saturated rings. The van der Waals surface area contributed by atoms with E-state index in [4.69, 9.17) is 10.5 Å². The van der Waals surface area contributed by atoms with Crippen LogP contribution in [0.2, 0.25) is 0 Å². The van der Waals surface area contributed by atoms with Crippen LogP contribution in [0.1, 0.15) is 30.4 Å². The van der Waals surface area contributed by atoms with Crippen LogP contribution in [0.25, 0.3) is 22.2 Å². The average molecular weight is 400 g/mol. The van der Waals surface area contributed by atoms with E-state index in [-0.39, 0.29) is 19.0 Å². The van der Waals surface area contributed by atoms with Crippen molar-refractivity contribution in [3.8, 4) is 11.1 Å². The predicted octanol–water partition coefficient (Wildman–Crippen LogP) is 1.13. The summed E-state index contributed by atoms with van der Waals surface area (Å²) in [4.78, 5) is 19.9. The van der Waals surface area contributed by atoms with Gasteiger partial charge in [-0.2, -0.15) is 0 Å². The highest BCUT2D eigenvalue weighted by molar-refractivity contribution is 6.03. The van der Waals surface area contributed by atoms with Gasteiger partial charge in [0, 0.05) is 17.3 Å². The lowest BCUT2D eigenvalue weighted by atomic mass is 9.98. The molecular weight excluding hydrogens is 376 g/mol. The number of carbonyl (C=O) groups excluding carboxylic acids is 1. The number of hydrogen-bond donors (Lipinski definition) is 4. The Morgan fingerprint density at radius 1 is 1.31 bits per heavy atom. The average Bonchev–Trinajstić information content (AvgIpc) is 3.08. The van der Waals surface area contributed by atoms with Crippen molar-refractivity contribution in [3.05, 3.63) is 42.4 Å². The van der Waals surface area contributed by atoms with Crippen molar-refractivity contribution >= 4 is 23.1 Å². The first-order valence-electron chi connectivity index (χ1n) is 9.11. The molecule has 0 amide bonds. The van der Waals surface area contributed by atoms with E-state index in [0.29, 0.717) is 27.7 Å². The molecule has 0 saturated heterocycles. The number of ether oxygens (including phenoxy) is 1. The van der Waals surface area contributed by atoms with Crippen molar-refractivity contribution in [1.29, 1.82) is 0 Å². The maximum atomic E-state index is 11.6. The Morgan fingerprint density at radius 3 is 2.69 bits per heavy atom. The fourth-order valence-corrected chi connectivity index (χ4v) is 3.24. The van der Waals surface area contributed by atoms with E-state index in [1.807, 2.05) is 0 Å². The summed E-state index contributed by atoms with van der Waals surface area (Å²) in [7, 11) is 0. The molecule has 3 atom stereocenters. The molecule has 3 aromatic rings. The monoisotopic (exact) mass is 400 g/mol. The minimum Gasteiger partial charge on any atom is -0.394 e. The van der Waals surface area contributed by atoms with Crippen LogP contribution in [0.3, 0.4) is 0 Å². The largest absolute Gasteiger partial charge is 0.394 e. The molecule has 0 bridgehead atoms. The number of rotatable bonds is 8. The van der Waals surface area contributed by atoms with Crippen molar-refractivity contribution in [3.63, 3.8) is 0 Å². The summed E-state index contributed by atoms with van der Waals surface area (Å²) < 4.78 is 7.22. The number of anilines is 1. The Morgan fingerprint density at radius 2 is 2.03 bits per heavy atom. The van der Waals surface area contributed by atoms with E-state index < -0.39 is 17.9 Å². The van der Waals surface area contributed by atoms with Crippen LogP contribution < -0.4 is 5.73 Å². The molecule has 154 valence electrons. The Bertz CT molecular complexity index is 1020. The summed E-state index contributed by atoms with van der Waals surface area (Å²) in [6.07, 6.45) is 1.42. The molecule has 0 aliphatic heterocycles. The van der Waals surface area contributed by atoms with Crippen LogP contribution in [0.5, 0.6) is 0 Å². The zero-order valence-electron chi connectivity index (χ0n) is 16.2. The van der Waals surface area contributed by atoms with Crippen LogP contribution in [0.15, 0.2) is 36.8 Å². The van der Waals surface area contributed by atoms with E-state index in [9.17, 15) is 20.1 Å². The lowest BCUT2D eigenvalue weighted by Gasteiger charge is -2.36. The third-order valence-electron chi connectivity index (χ3n) is 4.98. The number of aromatic nitrogens is 3. The van der Waals surface area contributed by atoms with Crippen molar-refractivity contribution in [1.82, 2.24) is 14.5 Å². The summed E-state index contributed by atoms with van der Waals surface area (Å²) in [5.41, 5.74) is 6.41. The number of nitrogen functional groups attached to an aromatic ring is 1. The smallest absolute Gasteiger partial charge is 0.166 e. The number of carbonyl (C=O) groups is 1. The van der Waals surface area contributed by atoms with Gasteiger partial charge in [0.05, 0.1) is 24.7 Å². The molecule has 3 rings (SSSR count). The fraction of sp³-hybridized carbons (Fsp3) is 0.350. The molecule has 9 heteroatoms. The highest BCUT2D eigenvalue weighted by atomic mass is 16.5. The minimum atomic E-state index is -1.72. The highest BCUT2D eigenvalue weighted by Gasteiger charge is 2.40. The Balaban J connectivity index is 2.31. The van der Waals surface area contributed by atoms with Crippen LogP contribution in [-0.4, -0.2) is 61.1 Å². The van der Waals surface area contributed by atoms with Gasteiger partial charge < -0.3 is 30.4 Å². The van der Waals surface area contributed by atoms with E-state index in [1.165, 1.54) is 24.7 Å². The Labute approximate surface area is 167 Å². The van der Waals surface area contributed by atoms with Crippen molar-refractivity contribution in [2.24, 2.45) is 0 Å². The Kier molecular flexibility index (Phi) is 5.94. The lowest BCUT2D eigenvalue weighted by molar-refractivity contribution is -0.183. The molecule has 1 aromatic carbocycles. The summed E-state index contributed by atoms with van der Waals surface area (Å²) in [6.45, 7) is 2.51. The molecule has 2 heterocycles. The van der Waals surface area contributed by atoms with Crippen molar-refractivity contribution < 1.29 is 24.9 Å². The van der Waals surface area contributed by atoms with Gasteiger partial charge in [0.15, 0.2) is 12.5 Å². The second-order valence-electron chi connectivity index (χ2n) is 6.96. The lowest BCUT2D eigenvalue weighted by Crippen LogP contribution is -2.47. The summed E-state index contributed by atoms with van der Waals surface area (Å²) in [5, 5.41) is 30.8. The molecule has 29 heavy (non-hydrogen) atoms. The van der Waals surface area contributed by atoms with Crippen LogP contribution in [0.4, 0.5) is 5.82 Å². The van der Waals surface area contributed by atoms with Gasteiger partial charge in [-0.1, -0.05) is 24.3 Å². The number of aldehydes is 1. The van der Waals surface area contributed by atoms with Gasteiger partial charge in [-0.3, -0.25) is 4.79 Å². The summed E-state index contributed by atoms with van der Waals surface area (Å²) >= 11 is 0. The summed E-state index contributed by atoms with van der Waals surface area (Å²) in [5.74, 6) is 0.196. The highest BCUT2D eigenvalue weighted by Crippen LogP contribution is 2.38. The molecule has 9 nitrogen and oxygen atoms in total.